The van der Waals surface area contributed by atoms with Gasteiger partial charge in [-0.3, -0.25) is 9.69 Å². The molecule has 0 radical (unpaired) electrons. The Morgan fingerprint density at radius 1 is 1.35 bits per heavy atom. The van der Waals surface area contributed by atoms with Gasteiger partial charge >= 0.3 is 0 Å². The van der Waals surface area contributed by atoms with Crippen molar-refractivity contribution in [3.05, 3.63) is 34.3 Å². The van der Waals surface area contributed by atoms with E-state index in [2.05, 4.69) is 27.3 Å². The summed E-state index contributed by atoms with van der Waals surface area (Å²) in [4.78, 5) is 14.6. The van der Waals surface area contributed by atoms with Crippen LogP contribution in [0.2, 0.25) is 0 Å². The molecule has 0 spiro atoms. The fourth-order valence-corrected chi connectivity index (χ4v) is 3.14. The summed E-state index contributed by atoms with van der Waals surface area (Å²) < 4.78 is 5.10. The number of ether oxygens (including phenoxy) is 1. The van der Waals surface area contributed by atoms with Crippen molar-refractivity contribution in [2.75, 3.05) is 19.0 Å². The Morgan fingerprint density at radius 3 is 2.70 bits per heavy atom. The highest BCUT2D eigenvalue weighted by Gasteiger charge is 2.28. The molecule has 1 N–H and O–H groups in total. The molecule has 23 heavy (non-hydrogen) atoms. The maximum absolute atomic E-state index is 12.2. The van der Waals surface area contributed by atoms with E-state index in [1.165, 1.54) is 24.2 Å². The second-order valence-electron chi connectivity index (χ2n) is 5.48. The second kappa shape index (κ2) is 7.06. The van der Waals surface area contributed by atoms with Crippen LogP contribution < -0.4 is 10.1 Å². The number of amides is 1. The van der Waals surface area contributed by atoms with Gasteiger partial charge in [0.25, 0.3) is 5.91 Å². The summed E-state index contributed by atoms with van der Waals surface area (Å²) in [6.45, 7) is 3.92. The van der Waals surface area contributed by atoms with E-state index in [1.54, 1.807) is 31.4 Å². The molecule has 1 fully saturated rings. The molecule has 1 aliphatic rings. The fraction of sp³-hybridized carbons (Fsp3) is 0.438. The summed E-state index contributed by atoms with van der Waals surface area (Å²) in [5, 5.41) is 12.3. The van der Waals surface area contributed by atoms with Gasteiger partial charge in [-0.1, -0.05) is 18.3 Å². The Labute approximate surface area is 139 Å². The molecule has 0 bridgehead atoms. The number of benzene rings is 1. The van der Waals surface area contributed by atoms with E-state index in [-0.39, 0.29) is 5.91 Å². The maximum Gasteiger partial charge on any atom is 0.286 e. The van der Waals surface area contributed by atoms with E-state index in [9.17, 15) is 4.79 Å². The number of hydrogen-bond donors (Lipinski definition) is 1. The highest BCUT2D eigenvalue weighted by molar-refractivity contribution is 7.13. The van der Waals surface area contributed by atoms with Gasteiger partial charge in [-0.25, -0.2) is 0 Å². The van der Waals surface area contributed by atoms with Crippen molar-refractivity contribution in [3.63, 3.8) is 0 Å². The van der Waals surface area contributed by atoms with Crippen molar-refractivity contribution < 1.29 is 9.53 Å². The molecule has 0 atom stereocenters. The number of nitrogens with one attached hydrogen (secondary N) is 1. The Morgan fingerprint density at radius 2 is 2.09 bits per heavy atom. The molecule has 7 heteroatoms. The Balaban J connectivity index is 1.60. The van der Waals surface area contributed by atoms with E-state index >= 15 is 0 Å². The van der Waals surface area contributed by atoms with Crippen molar-refractivity contribution >= 4 is 22.9 Å². The lowest BCUT2D eigenvalue weighted by molar-refractivity contribution is 0.102. The lowest BCUT2D eigenvalue weighted by atomic mass is 10.3. The molecule has 3 rings (SSSR count). The summed E-state index contributed by atoms with van der Waals surface area (Å²) in [6.07, 6.45) is 2.52. The smallest absolute Gasteiger partial charge is 0.286 e. The molecule has 2 aromatic rings. The largest absolute Gasteiger partial charge is 0.497 e. The monoisotopic (exact) mass is 332 g/mol. The average molecular weight is 332 g/mol. The third kappa shape index (κ3) is 4.05. The van der Waals surface area contributed by atoms with Gasteiger partial charge in [-0.05, 0) is 43.7 Å². The van der Waals surface area contributed by atoms with Gasteiger partial charge in [0, 0.05) is 11.7 Å². The van der Waals surface area contributed by atoms with Crippen LogP contribution in [-0.2, 0) is 6.54 Å². The quantitative estimate of drug-likeness (QED) is 0.844. The molecule has 122 valence electrons. The molecule has 1 aliphatic carbocycles. The molecule has 1 amide bonds. The molecule has 1 heterocycles. The fourth-order valence-electron chi connectivity index (χ4n) is 2.38. The number of carbonyl (C=O) groups excluding carboxylic acids is 1. The Kier molecular flexibility index (Phi) is 4.88. The zero-order valence-corrected chi connectivity index (χ0v) is 14.1. The number of rotatable bonds is 7. The van der Waals surface area contributed by atoms with E-state index in [0.29, 0.717) is 16.7 Å². The van der Waals surface area contributed by atoms with Crippen LogP contribution in [-0.4, -0.2) is 40.7 Å². The number of methoxy groups -OCH3 is 1. The van der Waals surface area contributed by atoms with Crippen LogP contribution >= 0.6 is 11.3 Å². The lowest BCUT2D eigenvalue weighted by Gasteiger charge is -2.17. The van der Waals surface area contributed by atoms with Crippen LogP contribution in [0.25, 0.3) is 0 Å². The molecule has 0 aliphatic heterocycles. The van der Waals surface area contributed by atoms with Crippen molar-refractivity contribution in [1.82, 2.24) is 15.1 Å². The Hall–Kier alpha value is -1.99. The molecule has 0 unspecified atom stereocenters. The van der Waals surface area contributed by atoms with Crippen molar-refractivity contribution in [1.29, 1.82) is 0 Å². The van der Waals surface area contributed by atoms with Gasteiger partial charge in [-0.15, -0.1) is 10.2 Å². The van der Waals surface area contributed by atoms with Crippen molar-refractivity contribution in [2.45, 2.75) is 32.4 Å². The van der Waals surface area contributed by atoms with Crippen LogP contribution in [0.4, 0.5) is 5.69 Å². The third-order valence-corrected chi connectivity index (χ3v) is 4.72. The Bertz CT molecular complexity index is 667. The predicted octanol–water partition coefficient (Wildman–Crippen LogP) is 2.78. The highest BCUT2D eigenvalue weighted by Crippen LogP contribution is 2.28. The number of aromatic nitrogens is 2. The van der Waals surface area contributed by atoms with E-state index in [0.717, 1.165) is 23.8 Å². The van der Waals surface area contributed by atoms with Gasteiger partial charge < -0.3 is 10.1 Å². The molecule has 0 saturated heterocycles. The predicted molar refractivity (Wildman–Crippen MR) is 90.0 cm³/mol. The molecule has 6 nitrogen and oxygen atoms in total. The summed E-state index contributed by atoms with van der Waals surface area (Å²) in [6, 6.07) is 7.88. The highest BCUT2D eigenvalue weighted by atomic mass is 32.1. The average Bonchev–Trinajstić information content (AvgIpc) is 3.31. The van der Waals surface area contributed by atoms with Gasteiger partial charge in [-0.2, -0.15) is 0 Å². The topological polar surface area (TPSA) is 67.4 Å². The standard InChI is InChI=1S/C16H20N4O2S/c1-3-20(12-6-7-12)10-14-18-19-16(23-14)15(21)17-11-4-8-13(22-2)9-5-11/h4-5,8-9,12H,3,6-7,10H2,1-2H3,(H,17,21). The normalized spacial score (nSPS) is 14.0. The minimum absolute atomic E-state index is 0.228. The van der Waals surface area contributed by atoms with E-state index < -0.39 is 0 Å². The molecule has 1 aromatic carbocycles. The minimum Gasteiger partial charge on any atom is -0.497 e. The number of hydrogen-bond acceptors (Lipinski definition) is 6. The number of nitrogens with zero attached hydrogens (tertiary/aromatic N) is 3. The number of carbonyl (C=O) groups is 1. The second-order valence-corrected chi connectivity index (χ2v) is 6.54. The summed E-state index contributed by atoms with van der Waals surface area (Å²) in [7, 11) is 1.61. The van der Waals surface area contributed by atoms with Crippen molar-refractivity contribution in [3.8, 4) is 5.75 Å². The SMILES string of the molecule is CCN(Cc1nnc(C(=O)Nc2ccc(OC)cc2)s1)C1CC1. The number of anilines is 1. The van der Waals surface area contributed by atoms with Crippen LogP contribution in [0.5, 0.6) is 5.75 Å². The first-order chi connectivity index (χ1) is 11.2. The van der Waals surface area contributed by atoms with Crippen LogP contribution in [0, 0.1) is 0 Å². The summed E-state index contributed by atoms with van der Waals surface area (Å²) in [5.41, 5.74) is 0.709. The summed E-state index contributed by atoms with van der Waals surface area (Å²) >= 11 is 1.36. The molecule has 1 saturated carbocycles. The molecule has 1 aromatic heterocycles. The lowest BCUT2D eigenvalue weighted by Crippen LogP contribution is -2.24. The molecular formula is C16H20N4O2S. The van der Waals surface area contributed by atoms with E-state index in [4.69, 9.17) is 4.74 Å². The first-order valence-electron chi connectivity index (χ1n) is 7.71. The summed E-state index contributed by atoms with van der Waals surface area (Å²) in [5.74, 6) is 0.523. The van der Waals surface area contributed by atoms with Crippen LogP contribution in [0.15, 0.2) is 24.3 Å². The zero-order valence-electron chi connectivity index (χ0n) is 13.3. The first kappa shape index (κ1) is 15.9. The van der Waals surface area contributed by atoms with Gasteiger partial charge in [0.15, 0.2) is 0 Å². The van der Waals surface area contributed by atoms with Gasteiger partial charge in [0.2, 0.25) is 5.01 Å². The third-order valence-electron chi connectivity index (χ3n) is 3.82. The zero-order chi connectivity index (χ0) is 16.2. The van der Waals surface area contributed by atoms with Gasteiger partial charge in [0.1, 0.15) is 10.8 Å². The first-order valence-corrected chi connectivity index (χ1v) is 8.53. The molecular weight excluding hydrogens is 312 g/mol. The minimum atomic E-state index is -0.228. The van der Waals surface area contributed by atoms with E-state index in [1.807, 2.05) is 0 Å². The van der Waals surface area contributed by atoms with Crippen LogP contribution in [0.1, 0.15) is 34.6 Å². The maximum atomic E-state index is 12.2. The van der Waals surface area contributed by atoms with Crippen molar-refractivity contribution in [2.24, 2.45) is 0 Å². The van der Waals surface area contributed by atoms with Gasteiger partial charge in [0.05, 0.1) is 13.7 Å². The van der Waals surface area contributed by atoms with Crippen LogP contribution in [0.3, 0.4) is 0 Å².